The Morgan fingerprint density at radius 2 is 1.33 bits per heavy atom. The van der Waals surface area contributed by atoms with Crippen LogP contribution in [0.25, 0.3) is 12.2 Å². The smallest absolute Gasteiger partial charge is 0.744 e. The number of isothiocyanates is 1. The van der Waals surface area contributed by atoms with Crippen LogP contribution in [0, 0.1) is 0 Å². The second-order valence-corrected chi connectivity index (χ2v) is 7.84. The summed E-state index contributed by atoms with van der Waals surface area (Å²) in [5.74, 6) is 2.83. The molecule has 0 aliphatic heterocycles. The van der Waals surface area contributed by atoms with Crippen LogP contribution in [0.4, 0.5) is 11.4 Å². The van der Waals surface area contributed by atoms with Crippen molar-refractivity contribution >= 4 is 79.2 Å². The van der Waals surface area contributed by atoms with E-state index in [1.807, 2.05) is 5.16 Å². The number of hydrogen-bond acceptors (Lipinski definition) is 10. The molecule has 14 heteroatoms. The van der Waals surface area contributed by atoms with Crippen molar-refractivity contribution in [2.45, 2.75) is 9.79 Å². The van der Waals surface area contributed by atoms with E-state index in [9.17, 15) is 25.9 Å². The van der Waals surface area contributed by atoms with Crippen molar-refractivity contribution in [1.82, 2.24) is 0 Å². The standard InChI is InChI=1S/C15H12N2O6S3.CH2S.2Na/c16-12-5-3-10(14(7-12)25(18,19)20)1-2-11-4-6-13(17-9-24)8-15(11)26(21,22)23;1-2;;/h1-8H,16H2,(H,18,19,20)(H,21,22,23);1H2;;/q;;2*+1/p-2/b2-1+;;;. The average Bonchev–Trinajstić information content (AvgIpc) is 2.61. The van der Waals surface area contributed by atoms with Gasteiger partial charge in [-0.25, -0.2) is 16.8 Å². The first-order valence-corrected chi connectivity index (χ1v) is 10.8. The van der Waals surface area contributed by atoms with E-state index in [4.69, 9.17) is 5.73 Å². The number of nitrogen functional groups attached to an aromatic ring is 1. The second kappa shape index (κ2) is 14.0. The molecule has 148 valence electrons. The van der Waals surface area contributed by atoms with Gasteiger partial charge in [0.25, 0.3) is 0 Å². The Morgan fingerprint density at radius 1 is 0.900 bits per heavy atom. The van der Waals surface area contributed by atoms with Crippen LogP contribution in [-0.4, -0.2) is 37.0 Å². The Kier molecular flexibility index (Phi) is 14.8. The number of thiocarbonyl (C=S) groups is 2. The molecule has 0 unspecified atom stereocenters. The van der Waals surface area contributed by atoms with Crippen molar-refractivity contribution in [3.63, 3.8) is 0 Å². The molecule has 0 saturated carbocycles. The van der Waals surface area contributed by atoms with Gasteiger partial charge in [0.05, 0.1) is 20.6 Å². The summed E-state index contributed by atoms with van der Waals surface area (Å²) in [6.45, 7) is 0. The van der Waals surface area contributed by atoms with Crippen molar-refractivity contribution in [2.24, 2.45) is 4.99 Å². The molecule has 2 N–H and O–H groups in total. The minimum absolute atomic E-state index is 0. The van der Waals surface area contributed by atoms with E-state index < -0.39 is 30.0 Å². The van der Waals surface area contributed by atoms with E-state index in [0.717, 1.165) is 12.1 Å². The van der Waals surface area contributed by atoms with Crippen molar-refractivity contribution in [1.29, 1.82) is 0 Å². The fourth-order valence-corrected chi connectivity index (χ4v) is 3.58. The van der Waals surface area contributed by atoms with Gasteiger partial charge in [0.2, 0.25) is 0 Å². The number of hydrogen-bond donors (Lipinski definition) is 1. The zero-order valence-electron chi connectivity index (χ0n) is 15.9. The summed E-state index contributed by atoms with van der Waals surface area (Å²) in [4.78, 5) is 2.45. The van der Waals surface area contributed by atoms with Gasteiger partial charge < -0.3 is 14.8 Å². The predicted molar refractivity (Wildman–Crippen MR) is 112 cm³/mol. The molecule has 0 spiro atoms. The Bertz CT molecular complexity index is 1180. The predicted octanol–water partition coefficient (Wildman–Crippen LogP) is -3.39. The van der Waals surface area contributed by atoms with E-state index >= 15 is 0 Å². The van der Waals surface area contributed by atoms with Crippen LogP contribution in [0.3, 0.4) is 0 Å². The summed E-state index contributed by atoms with van der Waals surface area (Å²) in [7, 11) is -9.66. The Morgan fingerprint density at radius 3 is 1.77 bits per heavy atom. The van der Waals surface area contributed by atoms with E-state index in [1.54, 1.807) is 0 Å². The summed E-state index contributed by atoms with van der Waals surface area (Å²) < 4.78 is 68.4. The van der Waals surface area contributed by atoms with Gasteiger partial charge in [-0.2, -0.15) is 4.99 Å². The van der Waals surface area contributed by atoms with Crippen molar-refractivity contribution in [3.05, 3.63) is 47.5 Å². The maximum absolute atomic E-state index is 11.5. The molecule has 0 saturated heterocycles. The molecule has 2 rings (SSSR count). The van der Waals surface area contributed by atoms with Crippen molar-refractivity contribution in [3.8, 4) is 0 Å². The fourth-order valence-electron chi connectivity index (χ4n) is 2.08. The van der Waals surface area contributed by atoms with Crippen LogP contribution in [-0.2, 0) is 20.2 Å². The van der Waals surface area contributed by atoms with Crippen LogP contribution in [0.5, 0.6) is 0 Å². The number of nitrogens with zero attached hydrogens (tertiary/aromatic N) is 1. The summed E-state index contributed by atoms with van der Waals surface area (Å²) in [5.41, 5.74) is 5.64. The normalized spacial score (nSPS) is 10.6. The first-order chi connectivity index (χ1) is 13.0. The Balaban J connectivity index is 0. The fraction of sp³-hybridized carbons (Fsp3) is 0. The van der Waals surface area contributed by atoms with Gasteiger partial charge >= 0.3 is 59.1 Å². The zero-order chi connectivity index (χ0) is 21.5. The molecule has 0 aromatic heterocycles. The molecule has 30 heavy (non-hydrogen) atoms. The number of benzene rings is 2. The monoisotopic (exact) mass is 502 g/mol. The van der Waals surface area contributed by atoms with Gasteiger partial charge in [-0.15, -0.1) is 0 Å². The van der Waals surface area contributed by atoms with Gasteiger partial charge in [-0.05, 0) is 53.5 Å². The maximum Gasteiger partial charge on any atom is 1.00 e. The molecular formula is C16H12N2Na2O6S4. The molecule has 0 heterocycles. The van der Waals surface area contributed by atoms with Crippen LogP contribution < -0.4 is 64.8 Å². The van der Waals surface area contributed by atoms with Crippen LogP contribution >= 0.6 is 24.4 Å². The maximum atomic E-state index is 11.5. The van der Waals surface area contributed by atoms with Gasteiger partial charge in [0.15, 0.2) is 0 Å². The SMILES string of the molecule is C=S.Nc1ccc(/C=C/c2ccc(N=C=S)cc2S(=O)(=O)[O-])c(S(=O)(=O)[O-])c1.[Na+].[Na+]. The van der Waals surface area contributed by atoms with Crippen LogP contribution in [0.1, 0.15) is 11.1 Å². The largest absolute Gasteiger partial charge is 1.00 e. The second-order valence-electron chi connectivity index (χ2n) is 4.96. The average molecular weight is 503 g/mol. The van der Waals surface area contributed by atoms with Gasteiger partial charge in [-0.3, -0.25) is 0 Å². The Hall–Kier alpha value is -0.310. The van der Waals surface area contributed by atoms with Crippen molar-refractivity contribution in [2.75, 3.05) is 5.73 Å². The van der Waals surface area contributed by atoms with E-state index in [2.05, 4.69) is 35.3 Å². The van der Waals surface area contributed by atoms with Gasteiger partial charge in [-0.1, -0.05) is 36.5 Å². The Labute approximate surface area is 229 Å². The molecule has 0 aliphatic carbocycles. The molecule has 2 aromatic carbocycles. The third kappa shape index (κ3) is 9.45. The quantitative estimate of drug-likeness (QED) is 0.110. The molecule has 8 nitrogen and oxygen atoms in total. The van der Waals surface area contributed by atoms with Crippen molar-refractivity contribution < 1.29 is 85.1 Å². The first-order valence-electron chi connectivity index (χ1n) is 7.02. The van der Waals surface area contributed by atoms with E-state index in [0.29, 0.717) is 0 Å². The number of nitrogens with two attached hydrogens (primary N) is 1. The van der Waals surface area contributed by atoms with E-state index in [1.165, 1.54) is 36.4 Å². The molecule has 0 atom stereocenters. The summed E-state index contributed by atoms with van der Waals surface area (Å²) in [5, 5.41) is 2.05. The molecule has 0 fully saturated rings. The third-order valence-electron chi connectivity index (χ3n) is 3.19. The minimum Gasteiger partial charge on any atom is -0.744 e. The van der Waals surface area contributed by atoms with Gasteiger partial charge in [0, 0.05) is 5.69 Å². The molecule has 0 amide bonds. The van der Waals surface area contributed by atoms with Gasteiger partial charge in [0.1, 0.15) is 20.2 Å². The zero-order valence-corrected chi connectivity index (χ0v) is 23.2. The first kappa shape index (κ1) is 31.9. The molecule has 0 aliphatic rings. The molecular weight excluding hydrogens is 490 g/mol. The third-order valence-corrected chi connectivity index (χ3v) is 5.07. The van der Waals surface area contributed by atoms with Crippen LogP contribution in [0.2, 0.25) is 0 Å². The van der Waals surface area contributed by atoms with E-state index in [-0.39, 0.29) is 81.6 Å². The molecule has 2 aromatic rings. The van der Waals surface area contributed by atoms with Crippen LogP contribution in [0.15, 0.2) is 51.2 Å². The summed E-state index contributed by atoms with van der Waals surface area (Å²) in [6, 6.07) is 7.33. The number of aliphatic imine (C=N–C) groups is 1. The topological polar surface area (TPSA) is 153 Å². The molecule has 0 radical (unpaired) electrons. The minimum atomic E-state index is -4.85. The number of anilines is 1. The summed E-state index contributed by atoms with van der Waals surface area (Å²) >= 11 is 8.26. The summed E-state index contributed by atoms with van der Waals surface area (Å²) in [6.07, 6.45) is 2.38. The molecule has 0 bridgehead atoms. The number of rotatable bonds is 5.